The molecule has 0 radical (unpaired) electrons. The number of imidazole rings is 1. The number of carbonyl (C=O) groups is 1. The number of fused-ring (bicyclic) bond motifs is 1. The van der Waals surface area contributed by atoms with E-state index in [1.165, 1.54) is 11.3 Å². The Morgan fingerprint density at radius 3 is 2.70 bits per heavy atom. The van der Waals surface area contributed by atoms with Crippen molar-refractivity contribution in [2.45, 2.75) is 45.1 Å². The van der Waals surface area contributed by atoms with Gasteiger partial charge in [0, 0.05) is 24.6 Å². The summed E-state index contributed by atoms with van der Waals surface area (Å²) >= 11 is 3.18. The van der Waals surface area contributed by atoms with Crippen LogP contribution < -0.4 is 4.90 Å². The van der Waals surface area contributed by atoms with E-state index in [4.69, 9.17) is 9.97 Å². The van der Waals surface area contributed by atoms with Gasteiger partial charge >= 0.3 is 0 Å². The summed E-state index contributed by atoms with van der Waals surface area (Å²) in [5.41, 5.74) is 6.26. The third-order valence-corrected chi connectivity index (χ3v) is 7.03. The van der Waals surface area contributed by atoms with Crippen molar-refractivity contribution in [2.75, 3.05) is 4.90 Å². The number of benzene rings is 2. The molecule has 0 saturated heterocycles. The van der Waals surface area contributed by atoms with Gasteiger partial charge in [-0.05, 0) is 50.1 Å². The number of amides is 1. The minimum Gasteiger partial charge on any atom is -0.319 e. The third kappa shape index (κ3) is 3.87. The third-order valence-electron chi connectivity index (χ3n) is 5.15. The second-order valence-corrected chi connectivity index (χ2v) is 8.89. The summed E-state index contributed by atoms with van der Waals surface area (Å²) in [5.74, 6) is 0.670. The van der Waals surface area contributed by atoms with Gasteiger partial charge in [-0.25, -0.2) is 9.97 Å². The zero-order valence-electron chi connectivity index (χ0n) is 17.5. The number of hydrogen-bond acceptors (Lipinski definition) is 5. The van der Waals surface area contributed by atoms with Gasteiger partial charge in [0.05, 0.1) is 22.4 Å². The molecule has 0 saturated carbocycles. The maximum Gasteiger partial charge on any atom is 0.230 e. The van der Waals surface area contributed by atoms with E-state index < -0.39 is 0 Å². The normalized spacial score (nSPS) is 11.2. The summed E-state index contributed by atoms with van der Waals surface area (Å²) in [6.45, 7) is 8.69. The van der Waals surface area contributed by atoms with Gasteiger partial charge in [-0.2, -0.15) is 0 Å². The lowest BCUT2D eigenvalue weighted by atomic mass is 10.1. The molecule has 0 N–H and O–H groups in total. The van der Waals surface area contributed by atoms with Crippen LogP contribution in [0.5, 0.6) is 0 Å². The van der Waals surface area contributed by atoms with E-state index >= 15 is 0 Å². The van der Waals surface area contributed by atoms with E-state index in [2.05, 4.69) is 30.5 Å². The van der Waals surface area contributed by atoms with Gasteiger partial charge in [0.25, 0.3) is 0 Å². The van der Waals surface area contributed by atoms with Gasteiger partial charge in [-0.15, -0.1) is 11.3 Å². The molecule has 2 aromatic carbocycles. The topological polar surface area (TPSA) is 51.0 Å². The Morgan fingerprint density at radius 1 is 1.13 bits per heavy atom. The lowest BCUT2D eigenvalue weighted by Gasteiger charge is -2.21. The predicted octanol–water partition coefficient (Wildman–Crippen LogP) is 6.11. The van der Waals surface area contributed by atoms with Crippen molar-refractivity contribution in [3.05, 3.63) is 64.7 Å². The van der Waals surface area contributed by atoms with Gasteiger partial charge in [0.2, 0.25) is 5.91 Å². The fourth-order valence-corrected chi connectivity index (χ4v) is 5.41. The summed E-state index contributed by atoms with van der Waals surface area (Å²) in [6.07, 6.45) is 0. The van der Waals surface area contributed by atoms with E-state index in [9.17, 15) is 4.79 Å². The predicted molar refractivity (Wildman–Crippen MR) is 126 cm³/mol. The molecule has 1 amide bonds. The lowest BCUT2D eigenvalue weighted by molar-refractivity contribution is -0.115. The first-order valence-corrected chi connectivity index (χ1v) is 11.8. The van der Waals surface area contributed by atoms with Crippen molar-refractivity contribution >= 4 is 50.9 Å². The largest absolute Gasteiger partial charge is 0.319 e. The van der Waals surface area contributed by atoms with E-state index in [0.717, 1.165) is 45.2 Å². The molecule has 30 heavy (non-hydrogen) atoms. The highest BCUT2D eigenvalue weighted by Crippen LogP contribution is 2.34. The van der Waals surface area contributed by atoms with Crippen molar-refractivity contribution in [2.24, 2.45) is 0 Å². The minimum absolute atomic E-state index is 0.0370. The Bertz CT molecular complexity index is 1210. The number of thioether (sulfide) groups is 1. The summed E-state index contributed by atoms with van der Waals surface area (Å²) in [7, 11) is 0. The minimum atomic E-state index is -0.0370. The molecule has 4 aromatic rings. The second kappa shape index (κ2) is 8.62. The number of para-hydroxylation sites is 2. The molecule has 0 aliphatic carbocycles. The zero-order valence-corrected chi connectivity index (χ0v) is 19.2. The highest BCUT2D eigenvalue weighted by Gasteiger charge is 2.20. The number of thiazole rings is 1. The van der Waals surface area contributed by atoms with Crippen molar-refractivity contribution in [3.63, 3.8) is 0 Å². The van der Waals surface area contributed by atoms with Crippen LogP contribution in [0.3, 0.4) is 0 Å². The number of aryl methyl sites for hydroxylation is 2. The van der Waals surface area contributed by atoms with Crippen LogP contribution in [0.1, 0.15) is 30.7 Å². The van der Waals surface area contributed by atoms with Crippen LogP contribution >= 0.6 is 23.1 Å². The number of anilines is 2. The fourth-order valence-electron chi connectivity index (χ4n) is 3.46. The van der Waals surface area contributed by atoms with E-state index in [0.29, 0.717) is 10.9 Å². The number of aromatic nitrogens is 3. The summed E-state index contributed by atoms with van der Waals surface area (Å²) in [5, 5.41) is 3.73. The smallest absolute Gasteiger partial charge is 0.230 e. The van der Waals surface area contributed by atoms with Crippen molar-refractivity contribution in [1.82, 2.24) is 14.5 Å². The van der Waals surface area contributed by atoms with Crippen LogP contribution in [0.25, 0.3) is 11.0 Å². The fraction of sp³-hybridized carbons (Fsp3) is 0.261. The lowest BCUT2D eigenvalue weighted by Crippen LogP contribution is -2.23. The molecule has 0 spiro atoms. The molecule has 5 nitrogen and oxygen atoms in total. The second-order valence-electron chi connectivity index (χ2n) is 7.11. The van der Waals surface area contributed by atoms with E-state index in [-0.39, 0.29) is 5.91 Å². The molecule has 154 valence electrons. The SMILES string of the molecule is CCn1c(SCc2csc(N(C(C)=O)c3cccc(C)c3C)n2)nc2ccccc21. The number of rotatable bonds is 6. The van der Waals surface area contributed by atoms with Gasteiger partial charge < -0.3 is 4.57 Å². The Labute approximate surface area is 184 Å². The Balaban J connectivity index is 1.58. The van der Waals surface area contributed by atoms with Crippen LogP contribution in [0.2, 0.25) is 0 Å². The van der Waals surface area contributed by atoms with E-state index in [1.807, 2.05) is 42.6 Å². The molecule has 2 heterocycles. The molecular formula is C23H24N4OS2. The molecular weight excluding hydrogens is 412 g/mol. The van der Waals surface area contributed by atoms with Crippen LogP contribution in [-0.2, 0) is 17.1 Å². The maximum absolute atomic E-state index is 12.5. The van der Waals surface area contributed by atoms with Crippen LogP contribution in [0.15, 0.2) is 53.0 Å². The number of carbonyl (C=O) groups excluding carboxylic acids is 1. The van der Waals surface area contributed by atoms with E-state index in [1.54, 1.807) is 23.6 Å². The highest BCUT2D eigenvalue weighted by molar-refractivity contribution is 7.98. The molecule has 0 aliphatic rings. The number of nitrogens with zero attached hydrogens (tertiary/aromatic N) is 4. The zero-order chi connectivity index (χ0) is 21.3. The average molecular weight is 437 g/mol. The molecule has 7 heteroatoms. The first-order chi connectivity index (χ1) is 14.5. The van der Waals surface area contributed by atoms with Crippen molar-refractivity contribution in [3.8, 4) is 0 Å². The highest BCUT2D eigenvalue weighted by atomic mass is 32.2. The van der Waals surface area contributed by atoms with Crippen LogP contribution in [0, 0.1) is 13.8 Å². The standard InChI is InChI=1S/C23H24N4OS2/c1-5-26-21-11-7-6-10-19(21)25-22(26)29-13-18-14-30-23(24-18)27(17(4)28)20-12-8-9-15(2)16(20)3/h6-12,14H,5,13H2,1-4H3. The molecule has 0 bridgehead atoms. The first-order valence-electron chi connectivity index (χ1n) is 9.89. The van der Waals surface area contributed by atoms with Gasteiger partial charge in [0.15, 0.2) is 10.3 Å². The monoisotopic (exact) mass is 436 g/mol. The molecule has 0 unspecified atom stereocenters. The van der Waals surface area contributed by atoms with Gasteiger partial charge in [0.1, 0.15) is 0 Å². The Hall–Kier alpha value is -2.64. The quantitative estimate of drug-likeness (QED) is 0.342. The number of hydrogen-bond donors (Lipinski definition) is 0. The van der Waals surface area contributed by atoms with Crippen molar-refractivity contribution in [1.29, 1.82) is 0 Å². The van der Waals surface area contributed by atoms with Gasteiger partial charge in [-0.3, -0.25) is 9.69 Å². The average Bonchev–Trinajstić information content (AvgIpc) is 3.33. The Morgan fingerprint density at radius 2 is 1.93 bits per heavy atom. The summed E-state index contributed by atoms with van der Waals surface area (Å²) in [6, 6.07) is 14.2. The summed E-state index contributed by atoms with van der Waals surface area (Å²) < 4.78 is 2.23. The molecule has 0 atom stereocenters. The van der Waals surface area contributed by atoms with Crippen LogP contribution in [-0.4, -0.2) is 20.4 Å². The molecule has 4 rings (SSSR count). The molecule has 2 aromatic heterocycles. The molecule has 0 fully saturated rings. The van der Waals surface area contributed by atoms with Crippen LogP contribution in [0.4, 0.5) is 10.8 Å². The maximum atomic E-state index is 12.5. The summed E-state index contributed by atoms with van der Waals surface area (Å²) in [4.78, 5) is 23.7. The van der Waals surface area contributed by atoms with Crippen molar-refractivity contribution < 1.29 is 4.79 Å². The first kappa shape index (κ1) is 20.6. The Kier molecular flexibility index (Phi) is 5.92. The van der Waals surface area contributed by atoms with Gasteiger partial charge in [-0.1, -0.05) is 36.0 Å². The molecule has 0 aliphatic heterocycles.